The zero-order chi connectivity index (χ0) is 5.11. The standard InChI is InChI=1S/C4H8NO2/c6-4-3-5-1-2-7-4/h4,6H,1-3H2. The van der Waals surface area contributed by atoms with Crippen molar-refractivity contribution in [2.75, 3.05) is 19.7 Å². The van der Waals surface area contributed by atoms with E-state index in [1.54, 1.807) is 0 Å². The van der Waals surface area contributed by atoms with Crippen molar-refractivity contribution in [3.8, 4) is 0 Å². The third kappa shape index (κ3) is 1.43. The lowest BCUT2D eigenvalue weighted by Gasteiger charge is -2.16. The zero-order valence-corrected chi connectivity index (χ0v) is 4.00. The summed E-state index contributed by atoms with van der Waals surface area (Å²) >= 11 is 0. The van der Waals surface area contributed by atoms with Gasteiger partial charge in [0.05, 0.1) is 13.2 Å². The van der Waals surface area contributed by atoms with Crippen molar-refractivity contribution in [1.82, 2.24) is 5.32 Å². The van der Waals surface area contributed by atoms with Gasteiger partial charge in [0, 0.05) is 6.54 Å². The van der Waals surface area contributed by atoms with Crippen LogP contribution in [0.25, 0.3) is 0 Å². The Balaban J connectivity index is 2.12. The van der Waals surface area contributed by atoms with E-state index in [2.05, 4.69) is 5.32 Å². The van der Waals surface area contributed by atoms with Crippen molar-refractivity contribution >= 4 is 0 Å². The van der Waals surface area contributed by atoms with E-state index >= 15 is 0 Å². The van der Waals surface area contributed by atoms with Crippen molar-refractivity contribution in [1.29, 1.82) is 0 Å². The van der Waals surface area contributed by atoms with Crippen molar-refractivity contribution in [3.63, 3.8) is 0 Å². The van der Waals surface area contributed by atoms with E-state index < -0.39 is 6.29 Å². The van der Waals surface area contributed by atoms with E-state index in [0.29, 0.717) is 13.2 Å². The van der Waals surface area contributed by atoms with Gasteiger partial charge in [-0.25, -0.2) is 5.32 Å². The van der Waals surface area contributed by atoms with Crippen LogP contribution < -0.4 is 5.32 Å². The van der Waals surface area contributed by atoms with E-state index in [-0.39, 0.29) is 0 Å². The molecule has 0 aromatic carbocycles. The van der Waals surface area contributed by atoms with Crippen LogP contribution in [-0.2, 0) is 4.74 Å². The SMILES string of the molecule is OC1C[N]CCO1. The lowest BCUT2D eigenvalue weighted by atomic mass is 10.5. The molecule has 1 unspecified atom stereocenters. The minimum absolute atomic E-state index is 0.444. The van der Waals surface area contributed by atoms with Crippen molar-refractivity contribution in [2.24, 2.45) is 0 Å². The number of hydrogen-bond acceptors (Lipinski definition) is 2. The Bertz CT molecular complexity index is 51.7. The summed E-state index contributed by atoms with van der Waals surface area (Å²) in [6, 6.07) is 0. The Hall–Kier alpha value is -0.120. The number of nitrogens with zero attached hydrogens (tertiary/aromatic N) is 1. The fourth-order valence-electron chi connectivity index (χ4n) is 0.508. The second-order valence-corrected chi connectivity index (χ2v) is 1.46. The van der Waals surface area contributed by atoms with Gasteiger partial charge in [-0.05, 0) is 0 Å². The number of morpholine rings is 1. The molecular formula is C4H8NO2. The van der Waals surface area contributed by atoms with Gasteiger partial charge >= 0.3 is 0 Å². The zero-order valence-electron chi connectivity index (χ0n) is 4.00. The average Bonchev–Trinajstić information content (AvgIpc) is 1.69. The Labute approximate surface area is 42.3 Å². The van der Waals surface area contributed by atoms with E-state index in [1.807, 2.05) is 0 Å². The molecule has 1 saturated heterocycles. The third-order valence-electron chi connectivity index (χ3n) is 0.845. The molecule has 0 amide bonds. The van der Waals surface area contributed by atoms with Gasteiger partial charge in [0.15, 0.2) is 6.29 Å². The molecule has 1 fully saturated rings. The fraction of sp³-hybridized carbons (Fsp3) is 1.00. The quantitative estimate of drug-likeness (QED) is 0.423. The highest BCUT2D eigenvalue weighted by atomic mass is 16.6. The van der Waals surface area contributed by atoms with Crippen molar-refractivity contribution < 1.29 is 9.84 Å². The van der Waals surface area contributed by atoms with Crippen LogP contribution in [0.1, 0.15) is 0 Å². The Morgan fingerprint density at radius 2 is 2.57 bits per heavy atom. The lowest BCUT2D eigenvalue weighted by Crippen LogP contribution is -2.33. The molecule has 1 heterocycles. The maximum atomic E-state index is 8.59. The Kier molecular flexibility index (Phi) is 1.62. The maximum absolute atomic E-state index is 8.59. The Morgan fingerprint density at radius 1 is 1.71 bits per heavy atom. The average molecular weight is 102 g/mol. The van der Waals surface area contributed by atoms with Gasteiger partial charge in [-0.3, -0.25) is 0 Å². The summed E-state index contributed by atoms with van der Waals surface area (Å²) in [4.78, 5) is 0. The molecule has 1 aliphatic heterocycles. The third-order valence-corrected chi connectivity index (χ3v) is 0.845. The molecule has 1 aliphatic rings. The summed E-state index contributed by atoms with van der Waals surface area (Å²) in [5.41, 5.74) is 0. The summed E-state index contributed by atoms with van der Waals surface area (Å²) in [5.74, 6) is 0. The smallest absolute Gasteiger partial charge is 0.168 e. The van der Waals surface area contributed by atoms with Gasteiger partial charge in [0.1, 0.15) is 0 Å². The molecule has 0 aliphatic carbocycles. The molecule has 3 heteroatoms. The van der Waals surface area contributed by atoms with E-state index in [0.717, 1.165) is 6.54 Å². The lowest BCUT2D eigenvalue weighted by molar-refractivity contribution is -0.113. The predicted molar refractivity (Wildman–Crippen MR) is 23.8 cm³/mol. The van der Waals surface area contributed by atoms with Crippen LogP contribution in [0.5, 0.6) is 0 Å². The largest absolute Gasteiger partial charge is 0.367 e. The van der Waals surface area contributed by atoms with Gasteiger partial charge < -0.3 is 9.84 Å². The molecule has 1 N–H and O–H groups in total. The monoisotopic (exact) mass is 102 g/mol. The normalized spacial score (nSPS) is 33.0. The first kappa shape index (κ1) is 5.03. The maximum Gasteiger partial charge on any atom is 0.168 e. The molecule has 0 aromatic rings. The minimum atomic E-state index is -0.631. The van der Waals surface area contributed by atoms with Crippen LogP contribution >= 0.6 is 0 Å². The van der Waals surface area contributed by atoms with Gasteiger partial charge in [-0.1, -0.05) is 0 Å². The number of ether oxygens (including phenoxy) is 1. The molecule has 0 saturated carbocycles. The minimum Gasteiger partial charge on any atom is -0.367 e. The Morgan fingerprint density at radius 3 is 2.86 bits per heavy atom. The molecular weight excluding hydrogens is 94.0 g/mol. The second kappa shape index (κ2) is 2.26. The van der Waals surface area contributed by atoms with Crippen molar-refractivity contribution in [2.45, 2.75) is 6.29 Å². The van der Waals surface area contributed by atoms with E-state index in [1.165, 1.54) is 0 Å². The first-order chi connectivity index (χ1) is 3.39. The predicted octanol–water partition coefficient (Wildman–Crippen LogP) is -1.06. The fourth-order valence-corrected chi connectivity index (χ4v) is 0.508. The van der Waals surface area contributed by atoms with Gasteiger partial charge in [0.25, 0.3) is 0 Å². The summed E-state index contributed by atoms with van der Waals surface area (Å²) in [7, 11) is 0. The molecule has 1 atom stereocenters. The van der Waals surface area contributed by atoms with Gasteiger partial charge in [-0.15, -0.1) is 0 Å². The van der Waals surface area contributed by atoms with Crippen LogP contribution in [0, 0.1) is 0 Å². The molecule has 41 valence electrons. The molecule has 1 rings (SSSR count). The molecule has 1 radical (unpaired) electrons. The topological polar surface area (TPSA) is 43.6 Å². The first-order valence-corrected chi connectivity index (χ1v) is 2.32. The molecule has 0 bridgehead atoms. The number of rotatable bonds is 0. The molecule has 0 aromatic heterocycles. The van der Waals surface area contributed by atoms with E-state index in [9.17, 15) is 0 Å². The van der Waals surface area contributed by atoms with Gasteiger partial charge in [0.2, 0.25) is 0 Å². The highest BCUT2D eigenvalue weighted by Crippen LogP contribution is 1.89. The first-order valence-electron chi connectivity index (χ1n) is 2.32. The second-order valence-electron chi connectivity index (χ2n) is 1.46. The molecule has 0 spiro atoms. The number of aliphatic hydroxyl groups excluding tert-OH is 1. The summed E-state index contributed by atoms with van der Waals surface area (Å²) in [6.07, 6.45) is -0.631. The highest BCUT2D eigenvalue weighted by molar-refractivity contribution is 4.53. The van der Waals surface area contributed by atoms with Crippen LogP contribution in [0.3, 0.4) is 0 Å². The van der Waals surface area contributed by atoms with Gasteiger partial charge in [-0.2, -0.15) is 0 Å². The van der Waals surface area contributed by atoms with Crippen LogP contribution in [0.2, 0.25) is 0 Å². The highest BCUT2D eigenvalue weighted by Gasteiger charge is 2.07. The van der Waals surface area contributed by atoms with Crippen LogP contribution in [0.15, 0.2) is 0 Å². The van der Waals surface area contributed by atoms with Crippen LogP contribution in [-0.4, -0.2) is 31.1 Å². The summed E-state index contributed by atoms with van der Waals surface area (Å²) in [6.45, 7) is 1.75. The summed E-state index contributed by atoms with van der Waals surface area (Å²) < 4.78 is 4.74. The van der Waals surface area contributed by atoms with Crippen molar-refractivity contribution in [3.05, 3.63) is 0 Å². The molecule has 7 heavy (non-hydrogen) atoms. The number of hydrogen-bond donors (Lipinski definition) is 1. The van der Waals surface area contributed by atoms with Crippen LogP contribution in [0.4, 0.5) is 0 Å². The van der Waals surface area contributed by atoms with E-state index in [4.69, 9.17) is 9.84 Å². The molecule has 3 nitrogen and oxygen atoms in total. The summed E-state index contributed by atoms with van der Waals surface area (Å²) in [5, 5.41) is 12.5. The number of aliphatic hydroxyl groups is 1.